The fourth-order valence-electron chi connectivity index (χ4n) is 1.22. The summed E-state index contributed by atoms with van der Waals surface area (Å²) in [5.41, 5.74) is 0.0626. The molecular weight excluding hydrogens is 201 g/mol. The number of halogens is 1. The molecule has 80 valence electrons. The molecule has 5 heteroatoms. The maximum absolute atomic E-state index is 13.7. The molecular formula is C10H10FNO3. The normalized spacial score (nSPS) is 9.27. The van der Waals surface area contributed by atoms with Crippen LogP contribution in [0.5, 0.6) is 17.2 Å². The molecule has 0 aliphatic heterocycles. The van der Waals surface area contributed by atoms with Gasteiger partial charge in [-0.05, 0) is 0 Å². The summed E-state index contributed by atoms with van der Waals surface area (Å²) in [6, 6.07) is 3.17. The molecule has 0 N–H and O–H groups in total. The molecule has 4 nitrogen and oxygen atoms in total. The minimum absolute atomic E-state index is 0.0626. The van der Waals surface area contributed by atoms with Crippen molar-refractivity contribution in [2.45, 2.75) is 0 Å². The number of rotatable bonds is 3. The molecule has 0 aliphatic carbocycles. The van der Waals surface area contributed by atoms with Gasteiger partial charge in [-0.1, -0.05) is 0 Å². The number of nitriles is 1. The van der Waals surface area contributed by atoms with Crippen molar-refractivity contribution in [3.8, 4) is 23.3 Å². The zero-order valence-electron chi connectivity index (χ0n) is 8.63. The van der Waals surface area contributed by atoms with Crippen LogP contribution in [0.4, 0.5) is 4.39 Å². The Bertz CT molecular complexity index is 412. The van der Waals surface area contributed by atoms with E-state index >= 15 is 0 Å². The first kappa shape index (κ1) is 11.1. The summed E-state index contributed by atoms with van der Waals surface area (Å²) in [5, 5.41) is 8.76. The van der Waals surface area contributed by atoms with Crippen LogP contribution in [-0.4, -0.2) is 21.3 Å². The van der Waals surface area contributed by atoms with Crippen molar-refractivity contribution in [2.75, 3.05) is 21.3 Å². The quantitative estimate of drug-likeness (QED) is 0.763. The number of hydrogen-bond donors (Lipinski definition) is 0. The van der Waals surface area contributed by atoms with Gasteiger partial charge in [0.1, 0.15) is 11.6 Å². The monoisotopic (exact) mass is 211 g/mol. The lowest BCUT2D eigenvalue weighted by molar-refractivity contribution is 0.320. The molecule has 0 bridgehead atoms. The smallest absolute Gasteiger partial charge is 0.212 e. The zero-order valence-corrected chi connectivity index (χ0v) is 8.63. The van der Waals surface area contributed by atoms with Crippen molar-refractivity contribution < 1.29 is 18.6 Å². The van der Waals surface area contributed by atoms with Crippen molar-refractivity contribution in [3.63, 3.8) is 0 Å². The van der Waals surface area contributed by atoms with Gasteiger partial charge in [0, 0.05) is 6.07 Å². The molecule has 0 aromatic heterocycles. The van der Waals surface area contributed by atoms with Crippen LogP contribution in [0.15, 0.2) is 6.07 Å². The van der Waals surface area contributed by atoms with Crippen LogP contribution >= 0.6 is 0 Å². The molecule has 0 radical (unpaired) electrons. The number of nitrogens with zero attached hydrogens (tertiary/aromatic N) is 1. The summed E-state index contributed by atoms with van der Waals surface area (Å²) in [6.45, 7) is 0. The molecule has 15 heavy (non-hydrogen) atoms. The van der Waals surface area contributed by atoms with Crippen LogP contribution in [0.3, 0.4) is 0 Å². The minimum atomic E-state index is -0.740. The first-order chi connectivity index (χ1) is 7.19. The Labute approximate surface area is 86.8 Å². The first-order valence-electron chi connectivity index (χ1n) is 4.08. The second-order valence-corrected chi connectivity index (χ2v) is 2.62. The number of methoxy groups -OCH3 is 3. The fraction of sp³-hybridized carbons (Fsp3) is 0.300. The lowest BCUT2D eigenvalue weighted by Gasteiger charge is -2.12. The molecule has 0 unspecified atom stereocenters. The summed E-state index contributed by atoms with van der Waals surface area (Å²) >= 11 is 0. The van der Waals surface area contributed by atoms with Crippen LogP contribution in [0.2, 0.25) is 0 Å². The Hall–Kier alpha value is -1.96. The summed E-state index contributed by atoms with van der Waals surface area (Å²) < 4.78 is 28.2. The van der Waals surface area contributed by atoms with Crippen molar-refractivity contribution in [2.24, 2.45) is 0 Å². The molecule has 0 heterocycles. The Morgan fingerprint density at radius 1 is 1.13 bits per heavy atom. The van der Waals surface area contributed by atoms with Crippen molar-refractivity contribution in [3.05, 3.63) is 17.4 Å². The van der Waals surface area contributed by atoms with E-state index in [0.29, 0.717) is 0 Å². The highest BCUT2D eigenvalue weighted by molar-refractivity contribution is 5.56. The van der Waals surface area contributed by atoms with E-state index in [1.807, 2.05) is 6.07 Å². The Morgan fingerprint density at radius 3 is 2.13 bits per heavy atom. The largest absolute Gasteiger partial charge is 0.493 e. The van der Waals surface area contributed by atoms with Gasteiger partial charge in [0.25, 0.3) is 0 Å². The maximum Gasteiger partial charge on any atom is 0.212 e. The number of benzene rings is 1. The van der Waals surface area contributed by atoms with Gasteiger partial charge in [-0.15, -0.1) is 0 Å². The summed E-state index contributed by atoms with van der Waals surface area (Å²) in [6.07, 6.45) is 0. The van der Waals surface area contributed by atoms with Gasteiger partial charge >= 0.3 is 0 Å². The van der Waals surface area contributed by atoms with Gasteiger partial charge in [-0.2, -0.15) is 9.65 Å². The molecule has 0 saturated carbocycles. The van der Waals surface area contributed by atoms with Gasteiger partial charge in [0.05, 0.1) is 21.3 Å². The number of hydrogen-bond acceptors (Lipinski definition) is 4. The van der Waals surface area contributed by atoms with Gasteiger partial charge in [0.2, 0.25) is 11.6 Å². The third-order valence-electron chi connectivity index (χ3n) is 1.89. The van der Waals surface area contributed by atoms with Gasteiger partial charge < -0.3 is 14.2 Å². The lowest BCUT2D eigenvalue weighted by atomic mass is 10.2. The molecule has 1 rings (SSSR count). The zero-order chi connectivity index (χ0) is 11.4. The van der Waals surface area contributed by atoms with Crippen molar-refractivity contribution in [1.82, 2.24) is 0 Å². The predicted molar refractivity (Wildman–Crippen MR) is 50.8 cm³/mol. The van der Waals surface area contributed by atoms with Crippen molar-refractivity contribution in [1.29, 1.82) is 5.26 Å². The third-order valence-corrected chi connectivity index (χ3v) is 1.89. The first-order valence-corrected chi connectivity index (χ1v) is 4.08. The van der Waals surface area contributed by atoms with Crippen molar-refractivity contribution >= 4 is 0 Å². The van der Waals surface area contributed by atoms with Crippen LogP contribution in [-0.2, 0) is 0 Å². The fourth-order valence-corrected chi connectivity index (χ4v) is 1.22. The van der Waals surface area contributed by atoms with E-state index in [4.69, 9.17) is 19.5 Å². The van der Waals surface area contributed by atoms with E-state index in [2.05, 4.69) is 0 Å². The van der Waals surface area contributed by atoms with Crippen LogP contribution in [0, 0.1) is 17.1 Å². The molecule has 0 atom stereocenters. The Balaban J connectivity index is 3.50. The van der Waals surface area contributed by atoms with Crippen LogP contribution in [0.25, 0.3) is 0 Å². The second kappa shape index (κ2) is 4.51. The molecule has 0 amide bonds. The van der Waals surface area contributed by atoms with E-state index in [0.717, 1.165) is 0 Å². The average molecular weight is 211 g/mol. The molecule has 0 aliphatic rings. The van der Waals surface area contributed by atoms with E-state index < -0.39 is 5.82 Å². The lowest BCUT2D eigenvalue weighted by Crippen LogP contribution is -1.99. The standard InChI is InChI=1S/C10H10FNO3/c1-13-7-4-6(5-12)9(14-2)8(11)10(7)15-3/h4H,1-3H3. The van der Waals surface area contributed by atoms with Gasteiger partial charge in [0.15, 0.2) is 11.5 Å². The predicted octanol–water partition coefficient (Wildman–Crippen LogP) is 1.72. The molecule has 0 saturated heterocycles. The van der Waals surface area contributed by atoms with Gasteiger partial charge in [-0.3, -0.25) is 0 Å². The molecule has 1 aromatic rings. The van der Waals surface area contributed by atoms with Crippen LogP contribution in [0.1, 0.15) is 5.56 Å². The summed E-state index contributed by atoms with van der Waals surface area (Å²) in [4.78, 5) is 0. The average Bonchev–Trinajstić information content (AvgIpc) is 2.27. The molecule has 1 aromatic carbocycles. The highest BCUT2D eigenvalue weighted by Gasteiger charge is 2.20. The molecule has 0 fully saturated rings. The van der Waals surface area contributed by atoms with E-state index in [9.17, 15) is 4.39 Å². The van der Waals surface area contributed by atoms with E-state index in [1.54, 1.807) is 0 Å². The summed E-state index contributed by atoms with van der Waals surface area (Å²) in [5.74, 6) is -0.799. The molecule has 0 spiro atoms. The summed E-state index contributed by atoms with van der Waals surface area (Å²) in [7, 11) is 3.96. The Morgan fingerprint density at radius 2 is 1.73 bits per heavy atom. The minimum Gasteiger partial charge on any atom is -0.493 e. The second-order valence-electron chi connectivity index (χ2n) is 2.62. The van der Waals surface area contributed by atoms with E-state index in [-0.39, 0.29) is 22.8 Å². The van der Waals surface area contributed by atoms with Crippen LogP contribution < -0.4 is 14.2 Å². The van der Waals surface area contributed by atoms with E-state index in [1.165, 1.54) is 27.4 Å². The van der Waals surface area contributed by atoms with Gasteiger partial charge in [-0.25, -0.2) is 0 Å². The highest BCUT2D eigenvalue weighted by Crippen LogP contribution is 2.38. The topological polar surface area (TPSA) is 51.5 Å². The highest BCUT2D eigenvalue weighted by atomic mass is 19.1. The number of ether oxygens (including phenoxy) is 3. The maximum atomic E-state index is 13.7. The Kier molecular flexibility index (Phi) is 3.34. The SMILES string of the molecule is COc1cc(C#N)c(OC)c(F)c1OC. The third kappa shape index (κ3) is 1.79.